The maximum Gasteiger partial charge on any atom is 0.0946 e. The molecule has 2 rings (SSSR count). The summed E-state index contributed by atoms with van der Waals surface area (Å²) in [5.74, 6) is 0. The van der Waals surface area contributed by atoms with Gasteiger partial charge in [0.25, 0.3) is 0 Å². The minimum Gasteiger partial charge on any atom is -0.374 e. The summed E-state index contributed by atoms with van der Waals surface area (Å²) in [5.41, 5.74) is 0. The van der Waals surface area contributed by atoms with Crippen LogP contribution in [0.25, 0.3) is 0 Å². The molecule has 0 amide bonds. The van der Waals surface area contributed by atoms with Crippen molar-refractivity contribution in [2.45, 2.75) is 12.6 Å². The largest absolute Gasteiger partial charge is 0.374 e. The zero-order valence-electron chi connectivity index (χ0n) is 9.80. The van der Waals surface area contributed by atoms with Crippen molar-refractivity contribution in [2.75, 3.05) is 39.8 Å². The minimum absolute atomic E-state index is 0.335. The van der Waals surface area contributed by atoms with Gasteiger partial charge in [-0.2, -0.15) is 0 Å². The maximum atomic E-state index is 5.66. The van der Waals surface area contributed by atoms with Gasteiger partial charge in [-0.05, 0) is 7.05 Å². The van der Waals surface area contributed by atoms with Gasteiger partial charge >= 0.3 is 0 Å². The van der Waals surface area contributed by atoms with E-state index in [0.717, 1.165) is 39.3 Å². The predicted octanol–water partition coefficient (Wildman–Crippen LogP) is -0.197. The van der Waals surface area contributed by atoms with Gasteiger partial charge in [0, 0.05) is 45.1 Å². The number of aromatic nitrogens is 2. The maximum absolute atomic E-state index is 5.66. The molecule has 16 heavy (non-hydrogen) atoms. The average molecular weight is 224 g/mol. The lowest BCUT2D eigenvalue weighted by atomic mass is 10.2. The molecule has 0 bridgehead atoms. The van der Waals surface area contributed by atoms with Crippen molar-refractivity contribution in [1.82, 2.24) is 19.8 Å². The summed E-state index contributed by atoms with van der Waals surface area (Å²) < 4.78 is 7.78. The number of rotatable bonds is 5. The van der Waals surface area contributed by atoms with Crippen molar-refractivity contribution in [2.24, 2.45) is 0 Å². The van der Waals surface area contributed by atoms with E-state index in [-0.39, 0.29) is 0 Å². The fourth-order valence-corrected chi connectivity index (χ4v) is 2.01. The molecule has 1 unspecified atom stereocenters. The number of nitrogens with one attached hydrogen (secondary N) is 1. The molecule has 90 valence electrons. The molecule has 2 heterocycles. The Bertz CT molecular complexity index is 286. The number of hydrogen-bond acceptors (Lipinski definition) is 4. The zero-order valence-corrected chi connectivity index (χ0v) is 9.80. The van der Waals surface area contributed by atoms with Gasteiger partial charge in [-0.1, -0.05) is 0 Å². The van der Waals surface area contributed by atoms with Gasteiger partial charge in [0.05, 0.1) is 19.0 Å². The Hall–Kier alpha value is -0.910. The van der Waals surface area contributed by atoms with E-state index < -0.39 is 0 Å². The molecule has 0 saturated carbocycles. The topological polar surface area (TPSA) is 42.3 Å². The Balaban J connectivity index is 1.72. The summed E-state index contributed by atoms with van der Waals surface area (Å²) in [7, 11) is 1.97. The highest BCUT2D eigenvalue weighted by Gasteiger charge is 2.19. The van der Waals surface area contributed by atoms with Crippen LogP contribution in [0.3, 0.4) is 0 Å². The van der Waals surface area contributed by atoms with Crippen LogP contribution in [0.2, 0.25) is 0 Å². The molecule has 1 saturated heterocycles. The van der Waals surface area contributed by atoms with E-state index >= 15 is 0 Å². The molecule has 1 fully saturated rings. The van der Waals surface area contributed by atoms with E-state index in [1.165, 1.54) is 0 Å². The number of likely N-dealkylation sites (N-methyl/N-ethyl adjacent to an activating group) is 1. The Morgan fingerprint density at radius 1 is 1.50 bits per heavy atom. The second-order valence-electron chi connectivity index (χ2n) is 4.15. The van der Waals surface area contributed by atoms with Crippen LogP contribution in [0, 0.1) is 0 Å². The predicted molar refractivity (Wildman–Crippen MR) is 62.3 cm³/mol. The van der Waals surface area contributed by atoms with Crippen molar-refractivity contribution >= 4 is 0 Å². The molecule has 1 N–H and O–H groups in total. The van der Waals surface area contributed by atoms with E-state index in [9.17, 15) is 0 Å². The second-order valence-corrected chi connectivity index (χ2v) is 4.15. The fourth-order valence-electron chi connectivity index (χ4n) is 2.01. The van der Waals surface area contributed by atoms with Crippen LogP contribution in [0.1, 0.15) is 0 Å². The lowest BCUT2D eigenvalue weighted by Crippen LogP contribution is -2.46. The summed E-state index contributed by atoms with van der Waals surface area (Å²) in [6.45, 7) is 5.91. The molecule has 1 aromatic rings. The van der Waals surface area contributed by atoms with Crippen molar-refractivity contribution in [1.29, 1.82) is 0 Å². The van der Waals surface area contributed by atoms with Crippen molar-refractivity contribution in [3.63, 3.8) is 0 Å². The van der Waals surface area contributed by atoms with Crippen molar-refractivity contribution in [3.05, 3.63) is 18.7 Å². The van der Waals surface area contributed by atoms with Crippen LogP contribution in [0.15, 0.2) is 18.7 Å². The highest BCUT2D eigenvalue weighted by Crippen LogP contribution is 2.04. The SMILES string of the molecule is CNCC1CN(CCn2ccnc2)CCO1. The summed E-state index contributed by atoms with van der Waals surface area (Å²) in [5, 5.41) is 3.16. The first-order valence-electron chi connectivity index (χ1n) is 5.83. The third-order valence-corrected chi connectivity index (χ3v) is 2.89. The zero-order chi connectivity index (χ0) is 11.2. The molecule has 5 nitrogen and oxygen atoms in total. The van der Waals surface area contributed by atoms with Crippen LogP contribution >= 0.6 is 0 Å². The molecular weight excluding hydrogens is 204 g/mol. The highest BCUT2D eigenvalue weighted by atomic mass is 16.5. The first-order chi connectivity index (χ1) is 7.88. The molecule has 0 spiro atoms. The third-order valence-electron chi connectivity index (χ3n) is 2.89. The first kappa shape index (κ1) is 11.6. The number of ether oxygens (including phenoxy) is 1. The van der Waals surface area contributed by atoms with Gasteiger partial charge in [0.15, 0.2) is 0 Å². The number of nitrogens with zero attached hydrogens (tertiary/aromatic N) is 3. The molecule has 1 aromatic heterocycles. The fraction of sp³-hybridized carbons (Fsp3) is 0.727. The quantitative estimate of drug-likeness (QED) is 0.752. The van der Waals surface area contributed by atoms with E-state index in [4.69, 9.17) is 4.74 Å². The minimum atomic E-state index is 0.335. The first-order valence-corrected chi connectivity index (χ1v) is 5.83. The van der Waals surface area contributed by atoms with E-state index in [1.54, 1.807) is 0 Å². The molecular formula is C11H20N4O. The molecule has 1 aliphatic rings. The van der Waals surface area contributed by atoms with Gasteiger partial charge in [0.1, 0.15) is 0 Å². The highest BCUT2D eigenvalue weighted by molar-refractivity contribution is 4.77. The molecule has 1 atom stereocenters. The molecule has 5 heteroatoms. The Labute approximate surface area is 96.4 Å². The Morgan fingerprint density at radius 2 is 2.44 bits per heavy atom. The third kappa shape index (κ3) is 3.30. The lowest BCUT2D eigenvalue weighted by molar-refractivity contribution is -0.0271. The van der Waals surface area contributed by atoms with E-state index in [2.05, 4.69) is 19.8 Å². The smallest absolute Gasteiger partial charge is 0.0946 e. The summed E-state index contributed by atoms with van der Waals surface area (Å²) in [6, 6.07) is 0. The Morgan fingerprint density at radius 3 is 3.19 bits per heavy atom. The van der Waals surface area contributed by atoms with Gasteiger partial charge < -0.3 is 14.6 Å². The Kier molecular flexibility index (Phi) is 4.33. The molecule has 0 aromatic carbocycles. The van der Waals surface area contributed by atoms with Crippen LogP contribution in [-0.2, 0) is 11.3 Å². The van der Waals surface area contributed by atoms with Crippen LogP contribution in [-0.4, -0.2) is 60.4 Å². The van der Waals surface area contributed by atoms with Crippen LogP contribution in [0.5, 0.6) is 0 Å². The number of imidazole rings is 1. The number of morpholine rings is 1. The molecule has 0 aliphatic carbocycles. The number of hydrogen-bond donors (Lipinski definition) is 1. The van der Waals surface area contributed by atoms with Gasteiger partial charge in [0.2, 0.25) is 0 Å². The molecule has 0 radical (unpaired) electrons. The van der Waals surface area contributed by atoms with Crippen LogP contribution < -0.4 is 5.32 Å². The van der Waals surface area contributed by atoms with Crippen LogP contribution in [0.4, 0.5) is 0 Å². The van der Waals surface area contributed by atoms with Gasteiger partial charge in [-0.25, -0.2) is 4.98 Å². The van der Waals surface area contributed by atoms with Crippen molar-refractivity contribution in [3.8, 4) is 0 Å². The average Bonchev–Trinajstić information content (AvgIpc) is 2.80. The lowest BCUT2D eigenvalue weighted by Gasteiger charge is -2.32. The summed E-state index contributed by atoms with van der Waals surface area (Å²) >= 11 is 0. The van der Waals surface area contributed by atoms with Crippen molar-refractivity contribution < 1.29 is 4.74 Å². The van der Waals surface area contributed by atoms with E-state index in [0.29, 0.717) is 6.10 Å². The monoisotopic (exact) mass is 224 g/mol. The second kappa shape index (κ2) is 5.98. The molecule has 1 aliphatic heterocycles. The normalized spacial score (nSPS) is 22.4. The summed E-state index contributed by atoms with van der Waals surface area (Å²) in [6.07, 6.45) is 6.03. The van der Waals surface area contributed by atoms with Gasteiger partial charge in [-0.3, -0.25) is 4.90 Å². The summed E-state index contributed by atoms with van der Waals surface area (Å²) in [4.78, 5) is 6.49. The standard InChI is InChI=1S/C11H20N4O/c1-12-8-11-9-14(6-7-16-11)4-5-15-3-2-13-10-15/h2-3,10-12H,4-9H2,1H3. The van der Waals surface area contributed by atoms with E-state index in [1.807, 2.05) is 25.8 Å². The van der Waals surface area contributed by atoms with Gasteiger partial charge in [-0.15, -0.1) is 0 Å².